The van der Waals surface area contributed by atoms with Crippen LogP contribution in [-0.4, -0.2) is 25.8 Å². The predicted molar refractivity (Wildman–Crippen MR) is 77.2 cm³/mol. The van der Waals surface area contributed by atoms with Crippen LogP contribution in [0.15, 0.2) is 23.1 Å². The smallest absolute Gasteiger partial charge is 0.246 e. The van der Waals surface area contributed by atoms with E-state index in [-0.39, 0.29) is 16.6 Å². The van der Waals surface area contributed by atoms with Crippen LogP contribution in [-0.2, 0) is 10.0 Å². The van der Waals surface area contributed by atoms with Crippen molar-refractivity contribution in [3.8, 4) is 0 Å². The lowest BCUT2D eigenvalue weighted by molar-refractivity contribution is 0.238. The number of anilines is 1. The largest absolute Gasteiger partial charge is 0.399 e. The average Bonchev–Trinajstić information content (AvgIpc) is 2.40. The zero-order valence-corrected chi connectivity index (χ0v) is 12.7. The number of nitrogens with zero attached hydrogens (tertiary/aromatic N) is 1. The summed E-state index contributed by atoms with van der Waals surface area (Å²) in [5.41, 5.74) is 5.82. The van der Waals surface area contributed by atoms with Gasteiger partial charge in [0.25, 0.3) is 0 Å². The quantitative estimate of drug-likeness (QED) is 0.873. The Labute approximate surface area is 119 Å². The van der Waals surface area contributed by atoms with E-state index in [0.717, 1.165) is 31.7 Å². The minimum Gasteiger partial charge on any atom is -0.399 e. The van der Waals surface area contributed by atoms with Crippen LogP contribution in [0, 0.1) is 11.7 Å². The maximum absolute atomic E-state index is 13.8. The molecule has 2 rings (SSSR count). The van der Waals surface area contributed by atoms with Gasteiger partial charge in [0, 0.05) is 18.8 Å². The molecule has 0 heterocycles. The van der Waals surface area contributed by atoms with Gasteiger partial charge in [0.05, 0.1) is 0 Å². The molecule has 0 amide bonds. The van der Waals surface area contributed by atoms with E-state index in [0.29, 0.717) is 5.92 Å². The highest BCUT2D eigenvalue weighted by Crippen LogP contribution is 2.30. The van der Waals surface area contributed by atoms with Gasteiger partial charge in [-0.3, -0.25) is 0 Å². The topological polar surface area (TPSA) is 63.4 Å². The maximum atomic E-state index is 13.8. The molecule has 1 saturated carbocycles. The summed E-state index contributed by atoms with van der Waals surface area (Å²) in [7, 11) is -2.31. The first-order valence-corrected chi connectivity index (χ1v) is 8.29. The fourth-order valence-corrected chi connectivity index (χ4v) is 4.30. The van der Waals surface area contributed by atoms with Gasteiger partial charge in [-0.1, -0.05) is 19.8 Å². The summed E-state index contributed by atoms with van der Waals surface area (Å²) in [6, 6.07) is 3.58. The van der Waals surface area contributed by atoms with Gasteiger partial charge in [-0.2, -0.15) is 4.31 Å². The van der Waals surface area contributed by atoms with Gasteiger partial charge in [0.1, 0.15) is 10.7 Å². The van der Waals surface area contributed by atoms with Crippen LogP contribution in [0.4, 0.5) is 10.1 Å². The summed E-state index contributed by atoms with van der Waals surface area (Å²) in [4.78, 5) is -0.335. The van der Waals surface area contributed by atoms with Crippen molar-refractivity contribution in [3.63, 3.8) is 0 Å². The highest BCUT2D eigenvalue weighted by Gasteiger charge is 2.32. The van der Waals surface area contributed by atoms with Crippen LogP contribution < -0.4 is 5.73 Å². The second-order valence-electron chi connectivity index (χ2n) is 5.64. The SMILES string of the molecule is CC1CCCC(N(C)S(=O)(=O)c2cc(N)ccc2F)C1. The van der Waals surface area contributed by atoms with Gasteiger partial charge in [0.2, 0.25) is 10.0 Å². The van der Waals surface area contributed by atoms with Crippen molar-refractivity contribution in [2.24, 2.45) is 5.92 Å². The van der Waals surface area contributed by atoms with E-state index in [1.54, 1.807) is 0 Å². The lowest BCUT2D eigenvalue weighted by Gasteiger charge is -2.33. The number of hydrogen-bond acceptors (Lipinski definition) is 3. The Hall–Kier alpha value is -1.14. The molecular formula is C14H21FN2O2S. The Morgan fingerprint density at radius 2 is 2.05 bits per heavy atom. The first kappa shape index (κ1) is 15.3. The molecule has 112 valence electrons. The van der Waals surface area contributed by atoms with Gasteiger partial charge in [0.15, 0.2) is 0 Å². The van der Waals surface area contributed by atoms with E-state index in [2.05, 4.69) is 6.92 Å². The van der Waals surface area contributed by atoms with Crippen LogP contribution in [0.3, 0.4) is 0 Å². The van der Waals surface area contributed by atoms with Gasteiger partial charge in [-0.05, 0) is 37.0 Å². The number of nitrogen functional groups attached to an aromatic ring is 1. The molecule has 1 aromatic rings. The first-order chi connectivity index (χ1) is 9.32. The highest BCUT2D eigenvalue weighted by atomic mass is 32.2. The lowest BCUT2D eigenvalue weighted by Crippen LogP contribution is -2.40. The van der Waals surface area contributed by atoms with Crippen LogP contribution in [0.5, 0.6) is 0 Å². The number of hydrogen-bond donors (Lipinski definition) is 1. The number of nitrogens with two attached hydrogens (primary N) is 1. The van der Waals surface area contributed by atoms with Crippen molar-refractivity contribution in [2.75, 3.05) is 12.8 Å². The van der Waals surface area contributed by atoms with Gasteiger partial charge >= 0.3 is 0 Å². The molecule has 0 aliphatic heterocycles. The fourth-order valence-electron chi connectivity index (χ4n) is 2.80. The second-order valence-corrected chi connectivity index (χ2v) is 7.60. The molecule has 1 fully saturated rings. The molecule has 6 heteroatoms. The Bertz CT molecular complexity index is 589. The third-order valence-electron chi connectivity index (χ3n) is 4.04. The molecule has 4 nitrogen and oxygen atoms in total. The fraction of sp³-hybridized carbons (Fsp3) is 0.571. The second kappa shape index (κ2) is 5.69. The Morgan fingerprint density at radius 1 is 1.35 bits per heavy atom. The Morgan fingerprint density at radius 3 is 2.70 bits per heavy atom. The standard InChI is InChI=1S/C14H21FN2O2S/c1-10-4-3-5-12(8-10)17(2)20(18,19)14-9-11(16)6-7-13(14)15/h6-7,9-10,12H,3-5,8,16H2,1-2H3. The minimum atomic E-state index is -3.84. The van der Waals surface area contributed by atoms with E-state index in [1.165, 1.54) is 23.5 Å². The Kier molecular flexibility index (Phi) is 4.34. The molecule has 2 unspecified atom stereocenters. The van der Waals surface area contributed by atoms with Crippen LogP contribution in [0.25, 0.3) is 0 Å². The summed E-state index contributed by atoms with van der Waals surface area (Å²) < 4.78 is 40.2. The third-order valence-corrected chi connectivity index (χ3v) is 5.96. The van der Waals surface area contributed by atoms with Gasteiger partial charge < -0.3 is 5.73 Å². The summed E-state index contributed by atoms with van der Waals surface area (Å²) in [6.45, 7) is 2.12. The number of sulfonamides is 1. The molecular weight excluding hydrogens is 279 g/mol. The average molecular weight is 300 g/mol. The highest BCUT2D eigenvalue weighted by molar-refractivity contribution is 7.89. The van der Waals surface area contributed by atoms with Crippen molar-refractivity contribution in [1.82, 2.24) is 4.31 Å². The van der Waals surface area contributed by atoms with Crippen molar-refractivity contribution in [1.29, 1.82) is 0 Å². The van der Waals surface area contributed by atoms with Crippen molar-refractivity contribution in [3.05, 3.63) is 24.0 Å². The molecule has 2 N–H and O–H groups in total. The zero-order valence-electron chi connectivity index (χ0n) is 11.8. The summed E-state index contributed by atoms with van der Waals surface area (Å²) in [5, 5.41) is 0. The molecule has 0 spiro atoms. The molecule has 2 atom stereocenters. The molecule has 1 aromatic carbocycles. The first-order valence-electron chi connectivity index (χ1n) is 6.85. The normalized spacial score (nSPS) is 24.0. The lowest BCUT2D eigenvalue weighted by atomic mass is 9.87. The third kappa shape index (κ3) is 2.96. The molecule has 1 aliphatic carbocycles. The van der Waals surface area contributed by atoms with Crippen molar-refractivity contribution < 1.29 is 12.8 Å². The number of halogens is 1. The monoisotopic (exact) mass is 300 g/mol. The van der Waals surface area contributed by atoms with E-state index in [4.69, 9.17) is 5.73 Å². The van der Waals surface area contributed by atoms with E-state index >= 15 is 0 Å². The van der Waals surface area contributed by atoms with Gasteiger partial charge in [-0.25, -0.2) is 12.8 Å². The summed E-state index contributed by atoms with van der Waals surface area (Å²) in [5.74, 6) is -0.257. The van der Waals surface area contributed by atoms with Crippen LogP contribution in [0.2, 0.25) is 0 Å². The predicted octanol–water partition coefficient (Wildman–Crippen LogP) is 2.61. The van der Waals surface area contributed by atoms with Crippen molar-refractivity contribution >= 4 is 15.7 Å². The maximum Gasteiger partial charge on any atom is 0.246 e. The molecule has 0 aromatic heterocycles. The van der Waals surface area contributed by atoms with Crippen molar-refractivity contribution in [2.45, 2.75) is 43.5 Å². The minimum absolute atomic E-state index is 0.0652. The zero-order chi connectivity index (χ0) is 14.9. The molecule has 0 radical (unpaired) electrons. The Balaban J connectivity index is 2.31. The van der Waals surface area contributed by atoms with E-state index in [1.807, 2.05) is 0 Å². The summed E-state index contributed by atoms with van der Waals surface area (Å²) in [6.07, 6.45) is 3.77. The number of rotatable bonds is 3. The van der Waals surface area contributed by atoms with E-state index in [9.17, 15) is 12.8 Å². The summed E-state index contributed by atoms with van der Waals surface area (Å²) >= 11 is 0. The molecule has 20 heavy (non-hydrogen) atoms. The van der Waals surface area contributed by atoms with E-state index < -0.39 is 15.8 Å². The molecule has 0 saturated heterocycles. The molecule has 0 bridgehead atoms. The van der Waals surface area contributed by atoms with Crippen LogP contribution in [0.1, 0.15) is 32.6 Å². The van der Waals surface area contributed by atoms with Gasteiger partial charge in [-0.15, -0.1) is 0 Å². The molecule has 1 aliphatic rings. The van der Waals surface area contributed by atoms with Crippen LogP contribution >= 0.6 is 0 Å². The number of benzene rings is 1.